The van der Waals surface area contributed by atoms with E-state index in [0.29, 0.717) is 22.4 Å². The van der Waals surface area contributed by atoms with E-state index in [1.807, 2.05) is 30.3 Å². The largest absolute Gasteiger partial charge is 0.416 e. The Morgan fingerprint density at radius 2 is 1.68 bits per heavy atom. The first-order chi connectivity index (χ1) is 13.5. The summed E-state index contributed by atoms with van der Waals surface area (Å²) in [6, 6.07) is 14.2. The molecule has 0 radical (unpaired) electrons. The number of hydrogen-bond acceptors (Lipinski definition) is 6. The molecule has 11 heteroatoms. The molecule has 142 valence electrons. The second kappa shape index (κ2) is 7.43. The molecule has 7 nitrogen and oxygen atoms in total. The van der Waals surface area contributed by atoms with Crippen molar-refractivity contribution in [1.82, 2.24) is 35.0 Å². The van der Waals surface area contributed by atoms with Crippen molar-refractivity contribution in [3.05, 3.63) is 72.3 Å². The fourth-order valence-corrected chi connectivity index (χ4v) is 3.14. The predicted octanol–water partition coefficient (Wildman–Crippen LogP) is 3.55. The summed E-state index contributed by atoms with van der Waals surface area (Å²) in [7, 11) is 0. The molecule has 2 heterocycles. The average Bonchev–Trinajstić information content (AvgIpc) is 3.36. The van der Waals surface area contributed by atoms with Gasteiger partial charge < -0.3 is 0 Å². The third-order valence-electron chi connectivity index (χ3n) is 3.80. The standard InChI is InChI=1S/C17H12F3N7S/c18-17(19,20)12-6-8-14(9-7-12)27-15(22-24-25-27)10-28-16-21-11-26(23-16)13-4-2-1-3-5-13/h1-9,11H,10H2. The molecule has 0 aliphatic heterocycles. The lowest BCUT2D eigenvalue weighted by molar-refractivity contribution is -0.137. The minimum atomic E-state index is -4.39. The number of para-hydroxylation sites is 1. The third-order valence-corrected chi connectivity index (χ3v) is 4.64. The Morgan fingerprint density at radius 1 is 0.929 bits per heavy atom. The molecular formula is C17H12F3N7S. The molecule has 2 aromatic heterocycles. The van der Waals surface area contributed by atoms with Crippen molar-refractivity contribution < 1.29 is 13.2 Å². The van der Waals surface area contributed by atoms with Gasteiger partial charge >= 0.3 is 6.18 Å². The van der Waals surface area contributed by atoms with Gasteiger partial charge in [-0.15, -0.1) is 10.2 Å². The van der Waals surface area contributed by atoms with Gasteiger partial charge in [0, 0.05) is 0 Å². The van der Waals surface area contributed by atoms with E-state index in [9.17, 15) is 13.2 Å². The normalized spacial score (nSPS) is 11.7. The van der Waals surface area contributed by atoms with Crippen LogP contribution < -0.4 is 0 Å². The summed E-state index contributed by atoms with van der Waals surface area (Å²) in [6.07, 6.45) is -2.78. The summed E-state index contributed by atoms with van der Waals surface area (Å²) < 4.78 is 41.2. The summed E-state index contributed by atoms with van der Waals surface area (Å²) in [5, 5.41) is 16.3. The van der Waals surface area contributed by atoms with Gasteiger partial charge in [-0.3, -0.25) is 0 Å². The number of halogens is 3. The van der Waals surface area contributed by atoms with Gasteiger partial charge in [-0.05, 0) is 46.8 Å². The first-order valence-electron chi connectivity index (χ1n) is 8.05. The topological polar surface area (TPSA) is 74.3 Å². The third kappa shape index (κ3) is 3.88. The SMILES string of the molecule is FC(F)(F)c1ccc(-n2nnnc2CSc2ncn(-c3ccccc3)n2)cc1. The summed E-state index contributed by atoms with van der Waals surface area (Å²) in [6.45, 7) is 0. The van der Waals surface area contributed by atoms with Gasteiger partial charge in [-0.25, -0.2) is 9.67 Å². The van der Waals surface area contributed by atoms with Gasteiger partial charge in [0.05, 0.1) is 22.7 Å². The monoisotopic (exact) mass is 403 g/mol. The molecule has 4 aromatic rings. The molecule has 0 saturated carbocycles. The van der Waals surface area contributed by atoms with Crippen molar-refractivity contribution in [2.45, 2.75) is 17.1 Å². The maximum Gasteiger partial charge on any atom is 0.416 e. The quantitative estimate of drug-likeness (QED) is 0.475. The molecule has 0 bridgehead atoms. The number of benzene rings is 2. The van der Waals surface area contributed by atoms with E-state index in [4.69, 9.17) is 0 Å². The molecule has 0 aliphatic rings. The lowest BCUT2D eigenvalue weighted by Gasteiger charge is -2.08. The van der Waals surface area contributed by atoms with Crippen LogP contribution in [0.15, 0.2) is 66.1 Å². The van der Waals surface area contributed by atoms with Gasteiger partial charge in [0.15, 0.2) is 5.82 Å². The molecule has 0 amide bonds. The summed E-state index contributed by atoms with van der Waals surface area (Å²) in [4.78, 5) is 4.25. The Morgan fingerprint density at radius 3 is 2.39 bits per heavy atom. The molecule has 0 fully saturated rings. The molecule has 0 aliphatic carbocycles. The van der Waals surface area contributed by atoms with Crippen LogP contribution in [-0.2, 0) is 11.9 Å². The molecule has 4 rings (SSSR count). The van der Waals surface area contributed by atoms with Crippen LogP contribution in [0, 0.1) is 0 Å². The second-order valence-corrected chi connectivity index (χ2v) is 6.59. The van der Waals surface area contributed by atoms with E-state index in [1.54, 1.807) is 11.0 Å². The van der Waals surface area contributed by atoms with Crippen LogP contribution in [0.5, 0.6) is 0 Å². The van der Waals surface area contributed by atoms with Crippen LogP contribution in [0.1, 0.15) is 11.4 Å². The van der Waals surface area contributed by atoms with E-state index in [-0.39, 0.29) is 0 Å². The van der Waals surface area contributed by atoms with Crippen LogP contribution in [0.4, 0.5) is 13.2 Å². The van der Waals surface area contributed by atoms with Crippen molar-refractivity contribution >= 4 is 11.8 Å². The van der Waals surface area contributed by atoms with Gasteiger partial charge in [-0.2, -0.15) is 17.9 Å². The Labute approximate surface area is 161 Å². The second-order valence-electron chi connectivity index (χ2n) is 5.65. The van der Waals surface area contributed by atoms with Gasteiger partial charge in [0.1, 0.15) is 6.33 Å². The number of aromatic nitrogens is 7. The minimum absolute atomic E-state index is 0.354. The Bertz CT molecular complexity index is 1060. The smallest absolute Gasteiger partial charge is 0.220 e. The highest BCUT2D eigenvalue weighted by atomic mass is 32.2. The summed E-state index contributed by atoms with van der Waals surface area (Å²) in [5.41, 5.74) is 0.601. The molecule has 0 N–H and O–H groups in total. The molecule has 0 saturated heterocycles. The van der Waals surface area contributed by atoms with Crippen molar-refractivity contribution in [3.63, 3.8) is 0 Å². The van der Waals surface area contributed by atoms with Crippen LogP contribution in [-0.4, -0.2) is 35.0 Å². The number of nitrogens with zero attached hydrogens (tertiary/aromatic N) is 7. The van der Waals surface area contributed by atoms with E-state index in [0.717, 1.165) is 17.8 Å². The predicted molar refractivity (Wildman–Crippen MR) is 95.1 cm³/mol. The fourth-order valence-electron chi connectivity index (χ4n) is 2.44. The summed E-state index contributed by atoms with van der Waals surface area (Å²) >= 11 is 1.32. The van der Waals surface area contributed by atoms with Crippen LogP contribution in [0.2, 0.25) is 0 Å². The lowest BCUT2D eigenvalue weighted by atomic mass is 10.2. The van der Waals surface area contributed by atoms with Gasteiger partial charge in [-0.1, -0.05) is 30.0 Å². The first kappa shape index (κ1) is 18.2. The van der Waals surface area contributed by atoms with Crippen molar-refractivity contribution in [2.24, 2.45) is 0 Å². The molecule has 0 unspecified atom stereocenters. The maximum atomic E-state index is 12.7. The Balaban J connectivity index is 1.48. The Kier molecular flexibility index (Phi) is 4.82. The number of alkyl halides is 3. The van der Waals surface area contributed by atoms with Gasteiger partial charge in [0.25, 0.3) is 0 Å². The molecular weight excluding hydrogens is 391 g/mol. The molecule has 0 atom stereocenters. The number of rotatable bonds is 5. The van der Waals surface area contributed by atoms with Crippen LogP contribution in [0.25, 0.3) is 11.4 Å². The molecule has 2 aromatic carbocycles. The zero-order valence-corrected chi connectivity index (χ0v) is 15.0. The molecule has 0 spiro atoms. The van der Waals surface area contributed by atoms with Crippen molar-refractivity contribution in [2.75, 3.05) is 0 Å². The van der Waals surface area contributed by atoms with E-state index >= 15 is 0 Å². The van der Waals surface area contributed by atoms with E-state index < -0.39 is 11.7 Å². The van der Waals surface area contributed by atoms with Crippen molar-refractivity contribution in [1.29, 1.82) is 0 Å². The van der Waals surface area contributed by atoms with Crippen LogP contribution >= 0.6 is 11.8 Å². The van der Waals surface area contributed by atoms with E-state index in [1.165, 1.54) is 28.6 Å². The average molecular weight is 403 g/mol. The minimum Gasteiger partial charge on any atom is -0.220 e. The Hall–Kier alpha value is -3.21. The maximum absolute atomic E-state index is 12.7. The zero-order valence-electron chi connectivity index (χ0n) is 14.2. The van der Waals surface area contributed by atoms with Crippen LogP contribution in [0.3, 0.4) is 0 Å². The summed E-state index contributed by atoms with van der Waals surface area (Å²) in [5.74, 6) is 0.827. The van der Waals surface area contributed by atoms with Crippen molar-refractivity contribution in [3.8, 4) is 11.4 Å². The highest BCUT2D eigenvalue weighted by Gasteiger charge is 2.30. The zero-order chi connectivity index (χ0) is 19.6. The van der Waals surface area contributed by atoms with E-state index in [2.05, 4.69) is 25.6 Å². The number of tetrazole rings is 1. The fraction of sp³-hybridized carbons (Fsp3) is 0.118. The lowest BCUT2D eigenvalue weighted by Crippen LogP contribution is -2.06. The number of thioether (sulfide) groups is 1. The highest BCUT2D eigenvalue weighted by molar-refractivity contribution is 7.98. The molecule has 28 heavy (non-hydrogen) atoms. The van der Waals surface area contributed by atoms with Gasteiger partial charge in [0.2, 0.25) is 5.16 Å². The number of hydrogen-bond donors (Lipinski definition) is 0. The highest BCUT2D eigenvalue weighted by Crippen LogP contribution is 2.29. The first-order valence-corrected chi connectivity index (χ1v) is 9.04.